The third-order valence-electron chi connectivity index (χ3n) is 3.15. The monoisotopic (exact) mass is 227 g/mol. The van der Waals surface area contributed by atoms with E-state index in [1.165, 1.54) is 58.0 Å². The second-order valence-corrected chi connectivity index (χ2v) is 5.56. The van der Waals surface area contributed by atoms with Crippen LogP contribution in [-0.2, 0) is 0 Å². The van der Waals surface area contributed by atoms with Gasteiger partial charge in [-0.2, -0.15) is 0 Å². The molecule has 0 aromatic rings. The zero-order valence-corrected chi connectivity index (χ0v) is 12.0. The molecule has 0 aliphatic heterocycles. The van der Waals surface area contributed by atoms with Gasteiger partial charge < -0.3 is 5.32 Å². The maximum atomic E-state index is 3.61. The van der Waals surface area contributed by atoms with Gasteiger partial charge in [0.1, 0.15) is 0 Å². The van der Waals surface area contributed by atoms with E-state index in [4.69, 9.17) is 0 Å². The SMILES string of the molecule is CCCCCCC(CCC)CNCC(C)C. The van der Waals surface area contributed by atoms with Crippen molar-refractivity contribution in [2.24, 2.45) is 11.8 Å². The Morgan fingerprint density at radius 2 is 1.56 bits per heavy atom. The minimum Gasteiger partial charge on any atom is -0.316 e. The lowest BCUT2D eigenvalue weighted by atomic mass is 9.96. The lowest BCUT2D eigenvalue weighted by Crippen LogP contribution is -2.26. The van der Waals surface area contributed by atoms with Crippen molar-refractivity contribution in [2.75, 3.05) is 13.1 Å². The lowest BCUT2D eigenvalue weighted by Gasteiger charge is -2.17. The third kappa shape index (κ3) is 10.5. The first-order valence-corrected chi connectivity index (χ1v) is 7.41. The van der Waals surface area contributed by atoms with Gasteiger partial charge in [-0.15, -0.1) is 0 Å². The molecule has 0 aliphatic rings. The molecule has 0 aromatic carbocycles. The lowest BCUT2D eigenvalue weighted by molar-refractivity contribution is 0.385. The van der Waals surface area contributed by atoms with E-state index in [0.717, 1.165) is 11.8 Å². The summed E-state index contributed by atoms with van der Waals surface area (Å²) < 4.78 is 0. The Morgan fingerprint density at radius 1 is 0.812 bits per heavy atom. The Bertz CT molecular complexity index is 131. The summed E-state index contributed by atoms with van der Waals surface area (Å²) in [4.78, 5) is 0. The molecule has 0 rings (SSSR count). The summed E-state index contributed by atoms with van der Waals surface area (Å²) in [5.74, 6) is 1.70. The van der Waals surface area contributed by atoms with Crippen molar-refractivity contribution in [1.82, 2.24) is 5.32 Å². The van der Waals surface area contributed by atoms with Crippen LogP contribution in [0.4, 0.5) is 0 Å². The highest BCUT2D eigenvalue weighted by Crippen LogP contribution is 2.15. The standard InChI is InChI=1S/C15H33N/c1-5-7-8-9-11-15(10-6-2)13-16-12-14(3)4/h14-16H,5-13H2,1-4H3. The summed E-state index contributed by atoms with van der Waals surface area (Å²) >= 11 is 0. The maximum absolute atomic E-state index is 3.61. The van der Waals surface area contributed by atoms with Crippen molar-refractivity contribution in [3.8, 4) is 0 Å². The molecule has 0 amide bonds. The van der Waals surface area contributed by atoms with E-state index < -0.39 is 0 Å². The minimum absolute atomic E-state index is 0.780. The van der Waals surface area contributed by atoms with E-state index in [1.54, 1.807) is 0 Å². The molecule has 0 saturated carbocycles. The van der Waals surface area contributed by atoms with Crippen LogP contribution < -0.4 is 5.32 Å². The van der Waals surface area contributed by atoms with Gasteiger partial charge in [-0.3, -0.25) is 0 Å². The van der Waals surface area contributed by atoms with Crippen molar-refractivity contribution < 1.29 is 0 Å². The fourth-order valence-electron chi connectivity index (χ4n) is 2.19. The zero-order chi connectivity index (χ0) is 12.2. The van der Waals surface area contributed by atoms with Crippen molar-refractivity contribution >= 4 is 0 Å². The van der Waals surface area contributed by atoms with Gasteiger partial charge in [-0.1, -0.05) is 59.8 Å². The van der Waals surface area contributed by atoms with Gasteiger partial charge >= 0.3 is 0 Å². The molecule has 0 bridgehead atoms. The van der Waals surface area contributed by atoms with E-state index in [0.29, 0.717) is 0 Å². The van der Waals surface area contributed by atoms with Crippen molar-refractivity contribution in [1.29, 1.82) is 0 Å². The number of nitrogens with one attached hydrogen (secondary N) is 1. The number of hydrogen-bond acceptors (Lipinski definition) is 1. The summed E-state index contributed by atoms with van der Waals surface area (Å²) in [6.07, 6.45) is 9.79. The predicted molar refractivity (Wildman–Crippen MR) is 74.9 cm³/mol. The maximum Gasteiger partial charge on any atom is -0.00204 e. The molecule has 1 atom stereocenters. The largest absolute Gasteiger partial charge is 0.316 e. The highest BCUT2D eigenvalue weighted by atomic mass is 14.9. The van der Waals surface area contributed by atoms with E-state index in [1.807, 2.05) is 0 Å². The molecule has 1 N–H and O–H groups in total. The van der Waals surface area contributed by atoms with Gasteiger partial charge in [0, 0.05) is 0 Å². The molecule has 16 heavy (non-hydrogen) atoms. The Labute approximate surface area is 103 Å². The van der Waals surface area contributed by atoms with Crippen LogP contribution in [0, 0.1) is 11.8 Å². The van der Waals surface area contributed by atoms with Crippen LogP contribution in [0.3, 0.4) is 0 Å². The van der Waals surface area contributed by atoms with Gasteiger partial charge in [0.25, 0.3) is 0 Å². The second kappa shape index (κ2) is 11.4. The van der Waals surface area contributed by atoms with E-state index >= 15 is 0 Å². The van der Waals surface area contributed by atoms with Crippen LogP contribution in [0.5, 0.6) is 0 Å². The fourth-order valence-corrected chi connectivity index (χ4v) is 2.19. The first kappa shape index (κ1) is 16.0. The minimum atomic E-state index is 0.780. The van der Waals surface area contributed by atoms with E-state index in [-0.39, 0.29) is 0 Å². The Morgan fingerprint density at radius 3 is 2.12 bits per heavy atom. The van der Waals surface area contributed by atoms with Crippen molar-refractivity contribution in [3.63, 3.8) is 0 Å². The first-order valence-electron chi connectivity index (χ1n) is 7.41. The molecule has 0 radical (unpaired) electrons. The smallest absolute Gasteiger partial charge is 0.00204 e. The molecule has 1 unspecified atom stereocenters. The van der Waals surface area contributed by atoms with Gasteiger partial charge in [-0.05, 0) is 37.8 Å². The van der Waals surface area contributed by atoms with Gasteiger partial charge in [0.05, 0.1) is 0 Å². The van der Waals surface area contributed by atoms with Crippen LogP contribution in [0.25, 0.3) is 0 Å². The average molecular weight is 227 g/mol. The normalized spacial score (nSPS) is 13.3. The molecule has 0 spiro atoms. The number of rotatable bonds is 11. The molecular formula is C15H33N. The Hall–Kier alpha value is -0.0400. The molecule has 98 valence electrons. The fraction of sp³-hybridized carbons (Fsp3) is 1.00. The molecule has 0 aliphatic carbocycles. The third-order valence-corrected chi connectivity index (χ3v) is 3.15. The average Bonchev–Trinajstić information content (AvgIpc) is 2.23. The highest BCUT2D eigenvalue weighted by molar-refractivity contribution is 4.63. The van der Waals surface area contributed by atoms with Gasteiger partial charge in [0.15, 0.2) is 0 Å². The summed E-state index contributed by atoms with van der Waals surface area (Å²) in [6, 6.07) is 0. The summed E-state index contributed by atoms with van der Waals surface area (Å²) in [6.45, 7) is 11.6. The molecule has 1 nitrogen and oxygen atoms in total. The number of hydrogen-bond donors (Lipinski definition) is 1. The van der Waals surface area contributed by atoms with Gasteiger partial charge in [0.2, 0.25) is 0 Å². The molecule has 0 fully saturated rings. The van der Waals surface area contributed by atoms with Crippen LogP contribution in [0.1, 0.15) is 72.6 Å². The number of unbranched alkanes of at least 4 members (excludes halogenated alkanes) is 3. The first-order chi connectivity index (χ1) is 7.70. The molecule has 0 saturated heterocycles. The molecule has 1 heteroatoms. The predicted octanol–water partition coefficient (Wildman–Crippen LogP) is 4.62. The second-order valence-electron chi connectivity index (χ2n) is 5.56. The quantitative estimate of drug-likeness (QED) is 0.508. The van der Waals surface area contributed by atoms with Crippen LogP contribution in [-0.4, -0.2) is 13.1 Å². The van der Waals surface area contributed by atoms with Crippen molar-refractivity contribution in [2.45, 2.75) is 72.6 Å². The van der Waals surface area contributed by atoms with Crippen molar-refractivity contribution in [3.05, 3.63) is 0 Å². The summed E-state index contributed by atoms with van der Waals surface area (Å²) in [5, 5.41) is 3.61. The summed E-state index contributed by atoms with van der Waals surface area (Å²) in [5.41, 5.74) is 0. The Balaban J connectivity index is 3.53. The molecule has 0 heterocycles. The molecular weight excluding hydrogens is 194 g/mol. The Kier molecular flexibility index (Phi) is 11.4. The van der Waals surface area contributed by atoms with Crippen LogP contribution >= 0.6 is 0 Å². The van der Waals surface area contributed by atoms with Gasteiger partial charge in [-0.25, -0.2) is 0 Å². The zero-order valence-electron chi connectivity index (χ0n) is 12.0. The van der Waals surface area contributed by atoms with Crippen LogP contribution in [0.2, 0.25) is 0 Å². The topological polar surface area (TPSA) is 12.0 Å². The van der Waals surface area contributed by atoms with Crippen LogP contribution in [0.15, 0.2) is 0 Å². The van der Waals surface area contributed by atoms with E-state index in [2.05, 4.69) is 33.0 Å². The van der Waals surface area contributed by atoms with E-state index in [9.17, 15) is 0 Å². The molecule has 0 aromatic heterocycles. The summed E-state index contributed by atoms with van der Waals surface area (Å²) in [7, 11) is 0. The highest BCUT2D eigenvalue weighted by Gasteiger charge is 2.07.